The van der Waals surface area contributed by atoms with Crippen molar-refractivity contribution >= 4 is 17.8 Å². The third-order valence-corrected chi connectivity index (χ3v) is 6.56. The van der Waals surface area contributed by atoms with Crippen LogP contribution in [-0.2, 0) is 51.4 Å². The number of benzene rings is 1. The highest BCUT2D eigenvalue weighted by Crippen LogP contribution is 2.30. The number of nitrogens with one attached hydrogen (secondary N) is 1. The van der Waals surface area contributed by atoms with Gasteiger partial charge < -0.3 is 4.74 Å². The van der Waals surface area contributed by atoms with E-state index in [1.165, 1.54) is 46.7 Å². The number of rotatable bonds is 16. The summed E-state index contributed by atoms with van der Waals surface area (Å²) in [4.78, 5) is 35.8. The summed E-state index contributed by atoms with van der Waals surface area (Å²) in [6, 6.07) is 2.39. The SMILES string of the molecule is CCCCc1cc(CCCC)c(COC(=O)CC2=CC(=O)NC2=O)c(CCCC)c1CCCC. The van der Waals surface area contributed by atoms with Crippen molar-refractivity contribution in [2.24, 2.45) is 0 Å². The van der Waals surface area contributed by atoms with Gasteiger partial charge in [-0.1, -0.05) is 59.4 Å². The second-order valence-corrected chi connectivity index (χ2v) is 9.37. The lowest BCUT2D eigenvalue weighted by molar-refractivity contribution is -0.144. The normalized spacial score (nSPS) is 13.2. The molecule has 1 aliphatic rings. The molecule has 0 aliphatic carbocycles. The molecule has 0 fully saturated rings. The van der Waals surface area contributed by atoms with Gasteiger partial charge in [-0.15, -0.1) is 0 Å². The zero-order valence-corrected chi connectivity index (χ0v) is 21.7. The molecule has 5 nitrogen and oxygen atoms in total. The van der Waals surface area contributed by atoms with Gasteiger partial charge in [-0.25, -0.2) is 0 Å². The molecule has 0 radical (unpaired) electrons. The predicted molar refractivity (Wildman–Crippen MR) is 137 cm³/mol. The Bertz CT molecular complexity index is 885. The lowest BCUT2D eigenvalue weighted by Gasteiger charge is -2.23. The maximum absolute atomic E-state index is 12.6. The number of aryl methyl sites for hydroxylation is 2. The molecule has 0 atom stereocenters. The van der Waals surface area contributed by atoms with Crippen LogP contribution < -0.4 is 5.32 Å². The molecule has 0 spiro atoms. The van der Waals surface area contributed by atoms with Crippen LogP contribution in [0.15, 0.2) is 17.7 Å². The number of carbonyl (C=O) groups is 3. The van der Waals surface area contributed by atoms with E-state index in [0.717, 1.165) is 64.2 Å². The molecule has 1 N–H and O–H groups in total. The number of amides is 2. The van der Waals surface area contributed by atoms with Gasteiger partial charge >= 0.3 is 5.97 Å². The Morgan fingerprint density at radius 2 is 1.29 bits per heavy atom. The van der Waals surface area contributed by atoms with Gasteiger partial charge in [-0.3, -0.25) is 19.7 Å². The summed E-state index contributed by atoms with van der Waals surface area (Å²) < 4.78 is 5.72. The highest BCUT2D eigenvalue weighted by molar-refractivity contribution is 6.17. The van der Waals surface area contributed by atoms with Gasteiger partial charge in [0.15, 0.2) is 0 Å². The van der Waals surface area contributed by atoms with Crippen molar-refractivity contribution in [2.45, 2.75) is 118 Å². The van der Waals surface area contributed by atoms with Crippen LogP contribution in [0.4, 0.5) is 0 Å². The van der Waals surface area contributed by atoms with Crippen molar-refractivity contribution in [3.05, 3.63) is 45.5 Å². The van der Waals surface area contributed by atoms with Gasteiger partial charge in [0.05, 0.1) is 6.42 Å². The lowest BCUT2D eigenvalue weighted by atomic mass is 9.84. The Morgan fingerprint density at radius 3 is 1.82 bits per heavy atom. The van der Waals surface area contributed by atoms with Crippen LogP contribution in [0.1, 0.15) is 113 Å². The van der Waals surface area contributed by atoms with Gasteiger partial charge in [-0.05, 0) is 79.2 Å². The molecule has 0 aromatic heterocycles. The second kappa shape index (κ2) is 14.7. The molecule has 2 amide bonds. The monoisotopic (exact) mass is 469 g/mol. The Hall–Kier alpha value is -2.43. The maximum Gasteiger partial charge on any atom is 0.310 e. The number of hydrogen-bond acceptors (Lipinski definition) is 4. The first kappa shape index (κ1) is 27.8. The molecule has 1 aromatic carbocycles. The molecule has 0 saturated heterocycles. The van der Waals surface area contributed by atoms with Crippen molar-refractivity contribution in [2.75, 3.05) is 0 Å². The molecule has 188 valence electrons. The van der Waals surface area contributed by atoms with E-state index in [9.17, 15) is 14.4 Å². The fourth-order valence-corrected chi connectivity index (χ4v) is 4.58. The molecule has 2 rings (SSSR count). The van der Waals surface area contributed by atoms with Crippen molar-refractivity contribution < 1.29 is 19.1 Å². The van der Waals surface area contributed by atoms with E-state index < -0.39 is 17.8 Å². The van der Waals surface area contributed by atoms with Gasteiger partial charge in [-0.2, -0.15) is 0 Å². The molecule has 0 bridgehead atoms. The van der Waals surface area contributed by atoms with E-state index >= 15 is 0 Å². The molecule has 0 saturated carbocycles. The third kappa shape index (κ3) is 8.11. The first-order valence-electron chi connectivity index (χ1n) is 13.3. The Balaban J connectivity index is 2.39. The molecule has 34 heavy (non-hydrogen) atoms. The van der Waals surface area contributed by atoms with E-state index in [1.54, 1.807) is 0 Å². The Kier molecular flexibility index (Phi) is 12.1. The maximum atomic E-state index is 12.6. The van der Waals surface area contributed by atoms with Crippen molar-refractivity contribution in [3.63, 3.8) is 0 Å². The van der Waals surface area contributed by atoms with Crippen LogP contribution >= 0.6 is 0 Å². The van der Waals surface area contributed by atoms with Crippen LogP contribution in [0.5, 0.6) is 0 Å². The van der Waals surface area contributed by atoms with E-state index in [1.807, 2.05) is 0 Å². The molecule has 1 aliphatic heterocycles. The summed E-state index contributed by atoms with van der Waals surface area (Å²) in [5.41, 5.74) is 6.98. The number of imide groups is 1. The van der Waals surface area contributed by atoms with E-state index in [-0.39, 0.29) is 18.6 Å². The van der Waals surface area contributed by atoms with Gasteiger partial charge in [0.25, 0.3) is 11.8 Å². The zero-order valence-electron chi connectivity index (χ0n) is 21.7. The molecule has 5 heteroatoms. The van der Waals surface area contributed by atoms with Gasteiger partial charge in [0, 0.05) is 11.6 Å². The van der Waals surface area contributed by atoms with Gasteiger partial charge in [0.1, 0.15) is 6.61 Å². The minimum Gasteiger partial charge on any atom is -0.461 e. The number of carbonyl (C=O) groups excluding carboxylic acids is 3. The highest BCUT2D eigenvalue weighted by Gasteiger charge is 2.24. The smallest absolute Gasteiger partial charge is 0.310 e. The quantitative estimate of drug-likeness (QED) is 0.235. The summed E-state index contributed by atoms with van der Waals surface area (Å²) >= 11 is 0. The second-order valence-electron chi connectivity index (χ2n) is 9.37. The third-order valence-electron chi connectivity index (χ3n) is 6.56. The lowest BCUT2D eigenvalue weighted by Crippen LogP contribution is -2.23. The average Bonchev–Trinajstić information content (AvgIpc) is 3.13. The molecule has 1 heterocycles. The zero-order chi connectivity index (χ0) is 24.9. The number of esters is 1. The van der Waals surface area contributed by atoms with Crippen molar-refractivity contribution in [1.82, 2.24) is 5.32 Å². The summed E-state index contributed by atoms with van der Waals surface area (Å²) in [6.45, 7) is 9.11. The molecular formula is C29H43NO4. The van der Waals surface area contributed by atoms with Gasteiger partial charge in [0.2, 0.25) is 0 Å². The molecule has 1 aromatic rings. The van der Waals surface area contributed by atoms with Crippen LogP contribution in [-0.4, -0.2) is 17.8 Å². The molecule has 0 unspecified atom stereocenters. The predicted octanol–water partition coefficient (Wildman–Crippen LogP) is 6.07. The fourth-order valence-electron chi connectivity index (χ4n) is 4.58. The largest absolute Gasteiger partial charge is 0.461 e. The fraction of sp³-hybridized carbons (Fsp3) is 0.621. The summed E-state index contributed by atoms with van der Waals surface area (Å²) in [5, 5.41) is 2.18. The van der Waals surface area contributed by atoms with Crippen LogP contribution in [0.3, 0.4) is 0 Å². The van der Waals surface area contributed by atoms with Crippen molar-refractivity contribution in [3.8, 4) is 0 Å². The number of hydrogen-bond donors (Lipinski definition) is 1. The summed E-state index contributed by atoms with van der Waals surface area (Å²) in [6.07, 6.45) is 14.3. The minimum absolute atomic E-state index is 0.172. The number of unbranched alkanes of at least 4 members (excludes halogenated alkanes) is 4. The van der Waals surface area contributed by atoms with Crippen LogP contribution in [0, 0.1) is 0 Å². The first-order valence-corrected chi connectivity index (χ1v) is 13.3. The summed E-state index contributed by atoms with van der Waals surface area (Å²) in [5.74, 6) is -1.44. The van der Waals surface area contributed by atoms with Crippen molar-refractivity contribution in [1.29, 1.82) is 0 Å². The van der Waals surface area contributed by atoms with E-state index in [4.69, 9.17) is 4.74 Å². The summed E-state index contributed by atoms with van der Waals surface area (Å²) in [7, 11) is 0. The van der Waals surface area contributed by atoms with Crippen LogP contribution in [0.25, 0.3) is 0 Å². The Labute approximate surface area is 205 Å². The average molecular weight is 470 g/mol. The first-order chi connectivity index (χ1) is 16.4. The topological polar surface area (TPSA) is 72.5 Å². The van der Waals surface area contributed by atoms with E-state index in [0.29, 0.717) is 0 Å². The minimum atomic E-state index is -0.503. The van der Waals surface area contributed by atoms with Crippen LogP contribution in [0.2, 0.25) is 0 Å². The number of ether oxygens (including phenoxy) is 1. The Morgan fingerprint density at radius 1 is 0.765 bits per heavy atom. The molecular weight excluding hydrogens is 426 g/mol. The standard InChI is InChI=1S/C29H43NO4/c1-5-9-13-21-17-22(14-10-6-2)26(25(16-12-8-4)24(21)15-11-7-3)20-34-28(32)19-23-18-27(31)30-29(23)33/h17-18H,5-16,19-20H2,1-4H3,(H,30,31,33). The van der Waals surface area contributed by atoms with E-state index in [2.05, 4.69) is 39.1 Å². The highest BCUT2D eigenvalue weighted by atomic mass is 16.5.